The second kappa shape index (κ2) is 6.50. The molecule has 1 aromatic rings. The first-order valence-electron chi connectivity index (χ1n) is 4.82. The fourth-order valence-electron chi connectivity index (χ4n) is 1.23. The predicted molar refractivity (Wildman–Crippen MR) is 55.8 cm³/mol. The second-order valence-corrected chi connectivity index (χ2v) is 3.14. The highest BCUT2D eigenvalue weighted by molar-refractivity contribution is 5.25. The van der Waals surface area contributed by atoms with Crippen molar-refractivity contribution in [2.45, 2.75) is 13.2 Å². The summed E-state index contributed by atoms with van der Waals surface area (Å²) in [6, 6.07) is 5.15. The van der Waals surface area contributed by atoms with Crippen molar-refractivity contribution in [3.8, 4) is 0 Å². The molecule has 2 N–H and O–H groups in total. The highest BCUT2D eigenvalue weighted by Crippen LogP contribution is 2.13. The maximum Gasteiger partial charge on any atom is 0.133 e. The van der Waals surface area contributed by atoms with E-state index in [0.29, 0.717) is 24.3 Å². The molecule has 0 saturated carbocycles. The third kappa shape index (κ3) is 3.58. The number of nitrogens with two attached hydrogens (primary N) is 1. The zero-order valence-corrected chi connectivity index (χ0v) is 8.83. The maximum absolute atomic E-state index is 13.6. The molecule has 0 spiro atoms. The summed E-state index contributed by atoms with van der Waals surface area (Å²) in [4.78, 5) is 0. The molecule has 0 bridgehead atoms. The summed E-state index contributed by atoms with van der Waals surface area (Å²) in [6.07, 6.45) is 0. The van der Waals surface area contributed by atoms with E-state index in [1.54, 1.807) is 25.3 Å². The number of hydrogen-bond donors (Lipinski definition) is 1. The van der Waals surface area contributed by atoms with Crippen molar-refractivity contribution in [3.05, 3.63) is 35.1 Å². The van der Waals surface area contributed by atoms with Crippen LogP contribution in [0.25, 0.3) is 0 Å². The van der Waals surface area contributed by atoms with E-state index in [4.69, 9.17) is 15.2 Å². The molecule has 84 valence electrons. The van der Waals surface area contributed by atoms with Gasteiger partial charge in [-0.25, -0.2) is 4.39 Å². The van der Waals surface area contributed by atoms with Crippen LogP contribution in [0.1, 0.15) is 11.1 Å². The second-order valence-electron chi connectivity index (χ2n) is 3.14. The van der Waals surface area contributed by atoms with Crippen LogP contribution in [0.15, 0.2) is 18.2 Å². The zero-order valence-electron chi connectivity index (χ0n) is 8.83. The van der Waals surface area contributed by atoms with Crippen molar-refractivity contribution < 1.29 is 13.9 Å². The smallest absolute Gasteiger partial charge is 0.133 e. The van der Waals surface area contributed by atoms with Gasteiger partial charge in [0, 0.05) is 24.8 Å². The van der Waals surface area contributed by atoms with E-state index in [-0.39, 0.29) is 19.0 Å². The molecule has 1 rings (SSSR count). The van der Waals surface area contributed by atoms with E-state index < -0.39 is 0 Å². The summed E-state index contributed by atoms with van der Waals surface area (Å²) in [6.45, 7) is 1.43. The SMILES string of the molecule is COCCOCc1cccc(CN)c1F. The monoisotopic (exact) mass is 213 g/mol. The van der Waals surface area contributed by atoms with Crippen LogP contribution in [0, 0.1) is 5.82 Å². The molecule has 0 radical (unpaired) electrons. The minimum absolute atomic E-state index is 0.206. The van der Waals surface area contributed by atoms with Crippen LogP contribution in [0.3, 0.4) is 0 Å². The van der Waals surface area contributed by atoms with E-state index in [0.717, 1.165) is 0 Å². The van der Waals surface area contributed by atoms with Gasteiger partial charge in [0.2, 0.25) is 0 Å². The Labute approximate surface area is 89.0 Å². The van der Waals surface area contributed by atoms with Crippen molar-refractivity contribution in [1.29, 1.82) is 0 Å². The lowest BCUT2D eigenvalue weighted by Crippen LogP contribution is -2.06. The number of halogens is 1. The van der Waals surface area contributed by atoms with Crippen molar-refractivity contribution in [2.24, 2.45) is 5.73 Å². The Morgan fingerprint density at radius 1 is 1.27 bits per heavy atom. The maximum atomic E-state index is 13.6. The quantitative estimate of drug-likeness (QED) is 0.727. The van der Waals surface area contributed by atoms with Crippen LogP contribution >= 0.6 is 0 Å². The first-order chi connectivity index (χ1) is 7.29. The van der Waals surface area contributed by atoms with Gasteiger partial charge >= 0.3 is 0 Å². The summed E-state index contributed by atoms with van der Waals surface area (Å²) in [5.74, 6) is -0.266. The van der Waals surface area contributed by atoms with E-state index in [2.05, 4.69) is 0 Å². The van der Waals surface area contributed by atoms with Crippen molar-refractivity contribution >= 4 is 0 Å². The molecular weight excluding hydrogens is 197 g/mol. The number of ether oxygens (including phenoxy) is 2. The Morgan fingerprint density at radius 2 is 2.00 bits per heavy atom. The molecule has 1 aromatic carbocycles. The number of hydrogen-bond acceptors (Lipinski definition) is 3. The lowest BCUT2D eigenvalue weighted by molar-refractivity contribution is 0.0603. The molecule has 3 nitrogen and oxygen atoms in total. The minimum Gasteiger partial charge on any atom is -0.382 e. The molecule has 0 aromatic heterocycles. The van der Waals surface area contributed by atoms with E-state index in [9.17, 15) is 4.39 Å². The van der Waals surface area contributed by atoms with Crippen LogP contribution in [0.5, 0.6) is 0 Å². The molecule has 0 amide bonds. The summed E-state index contributed by atoms with van der Waals surface area (Å²) < 4.78 is 23.6. The summed E-state index contributed by atoms with van der Waals surface area (Å²) >= 11 is 0. The molecule has 0 aliphatic carbocycles. The van der Waals surface area contributed by atoms with Crippen LogP contribution in [0.2, 0.25) is 0 Å². The van der Waals surface area contributed by atoms with Crippen LogP contribution < -0.4 is 5.73 Å². The fourth-order valence-corrected chi connectivity index (χ4v) is 1.23. The van der Waals surface area contributed by atoms with Crippen LogP contribution in [-0.2, 0) is 22.6 Å². The summed E-state index contributed by atoms with van der Waals surface area (Å²) in [7, 11) is 1.60. The Kier molecular flexibility index (Phi) is 5.25. The molecule has 0 unspecified atom stereocenters. The van der Waals surface area contributed by atoms with Crippen molar-refractivity contribution in [3.63, 3.8) is 0 Å². The van der Waals surface area contributed by atoms with Crippen molar-refractivity contribution in [1.82, 2.24) is 0 Å². The van der Waals surface area contributed by atoms with Gasteiger partial charge in [0.05, 0.1) is 19.8 Å². The van der Waals surface area contributed by atoms with Gasteiger partial charge in [-0.05, 0) is 0 Å². The van der Waals surface area contributed by atoms with Gasteiger partial charge < -0.3 is 15.2 Å². The Balaban J connectivity index is 2.53. The number of methoxy groups -OCH3 is 1. The topological polar surface area (TPSA) is 44.5 Å². The van der Waals surface area contributed by atoms with Gasteiger partial charge in [0.25, 0.3) is 0 Å². The number of benzene rings is 1. The average molecular weight is 213 g/mol. The van der Waals surface area contributed by atoms with Gasteiger partial charge in [-0.3, -0.25) is 0 Å². The molecule has 0 aliphatic rings. The highest BCUT2D eigenvalue weighted by atomic mass is 19.1. The summed E-state index contributed by atoms with van der Waals surface area (Å²) in [5, 5.41) is 0. The van der Waals surface area contributed by atoms with E-state index in [1.807, 2.05) is 0 Å². The Morgan fingerprint density at radius 3 is 2.67 bits per heavy atom. The molecule has 0 atom stereocenters. The summed E-state index contributed by atoms with van der Waals surface area (Å²) in [5.41, 5.74) is 6.45. The van der Waals surface area contributed by atoms with Crippen molar-refractivity contribution in [2.75, 3.05) is 20.3 Å². The standard InChI is InChI=1S/C11H16FNO2/c1-14-5-6-15-8-10-4-2-3-9(7-13)11(10)12/h2-4H,5-8,13H2,1H3. The largest absolute Gasteiger partial charge is 0.382 e. The lowest BCUT2D eigenvalue weighted by Gasteiger charge is -2.07. The average Bonchev–Trinajstić information content (AvgIpc) is 2.26. The molecule has 0 fully saturated rings. The highest BCUT2D eigenvalue weighted by Gasteiger charge is 2.06. The van der Waals surface area contributed by atoms with Gasteiger partial charge in [-0.15, -0.1) is 0 Å². The van der Waals surface area contributed by atoms with Gasteiger partial charge in [0.1, 0.15) is 5.82 Å². The molecule has 4 heteroatoms. The zero-order chi connectivity index (χ0) is 11.1. The van der Waals surface area contributed by atoms with Crippen LogP contribution in [0.4, 0.5) is 4.39 Å². The predicted octanol–water partition coefficient (Wildman–Crippen LogP) is 1.45. The normalized spacial score (nSPS) is 10.6. The first kappa shape index (κ1) is 12.1. The third-order valence-electron chi connectivity index (χ3n) is 2.07. The Bertz CT molecular complexity index is 305. The van der Waals surface area contributed by atoms with Gasteiger partial charge in [0.15, 0.2) is 0 Å². The van der Waals surface area contributed by atoms with Gasteiger partial charge in [-0.2, -0.15) is 0 Å². The van der Waals surface area contributed by atoms with E-state index >= 15 is 0 Å². The number of rotatable bonds is 6. The lowest BCUT2D eigenvalue weighted by atomic mass is 10.1. The molecular formula is C11H16FNO2. The third-order valence-corrected chi connectivity index (χ3v) is 2.07. The van der Waals surface area contributed by atoms with E-state index in [1.165, 1.54) is 0 Å². The minimum atomic E-state index is -0.266. The molecule has 0 aliphatic heterocycles. The molecule has 0 saturated heterocycles. The van der Waals surface area contributed by atoms with Crippen LogP contribution in [-0.4, -0.2) is 20.3 Å². The molecule has 0 heterocycles. The first-order valence-corrected chi connectivity index (χ1v) is 4.82. The fraction of sp³-hybridized carbons (Fsp3) is 0.455. The Hall–Kier alpha value is -0.970. The van der Waals surface area contributed by atoms with Gasteiger partial charge in [-0.1, -0.05) is 18.2 Å². The molecule has 15 heavy (non-hydrogen) atoms.